The van der Waals surface area contributed by atoms with Gasteiger partial charge >= 0.3 is 0 Å². The maximum Gasteiger partial charge on any atom is 0.105 e. The molecular formula is C13H23N3O2. The van der Waals surface area contributed by atoms with Crippen molar-refractivity contribution in [2.75, 3.05) is 26.2 Å². The van der Waals surface area contributed by atoms with Crippen LogP contribution in [0.4, 0.5) is 0 Å². The van der Waals surface area contributed by atoms with Crippen LogP contribution in [0.15, 0.2) is 22.8 Å². The van der Waals surface area contributed by atoms with Crippen molar-refractivity contribution in [3.05, 3.63) is 24.2 Å². The molecule has 2 heterocycles. The standard InChI is InChI=1S/C13H23N3O2/c1-2-5-16-6-8-18-13(10-16)12(15-14)9-11-4-3-7-17-11/h3-4,7,12-13,15H,2,5-6,8-10,14H2,1H3. The lowest BCUT2D eigenvalue weighted by molar-refractivity contribution is -0.0468. The predicted molar refractivity (Wildman–Crippen MR) is 70.0 cm³/mol. The molecule has 5 nitrogen and oxygen atoms in total. The molecule has 2 unspecified atom stereocenters. The zero-order chi connectivity index (χ0) is 12.8. The normalized spacial score (nSPS) is 23.1. The molecule has 1 aliphatic rings. The van der Waals surface area contributed by atoms with Crippen LogP contribution in [0.2, 0.25) is 0 Å². The molecule has 0 radical (unpaired) electrons. The first kappa shape index (κ1) is 13.5. The molecule has 1 aromatic rings. The Hall–Kier alpha value is -0.880. The van der Waals surface area contributed by atoms with Gasteiger partial charge in [-0.15, -0.1) is 0 Å². The number of hydrazine groups is 1. The fourth-order valence-corrected chi connectivity index (χ4v) is 2.44. The van der Waals surface area contributed by atoms with Crippen molar-refractivity contribution in [3.8, 4) is 0 Å². The van der Waals surface area contributed by atoms with Crippen molar-refractivity contribution in [1.29, 1.82) is 0 Å². The molecule has 1 aliphatic heterocycles. The summed E-state index contributed by atoms with van der Waals surface area (Å²) in [5.74, 6) is 6.59. The third-order valence-corrected chi connectivity index (χ3v) is 3.38. The maximum absolute atomic E-state index is 5.83. The molecule has 5 heteroatoms. The van der Waals surface area contributed by atoms with Crippen LogP contribution < -0.4 is 11.3 Å². The monoisotopic (exact) mass is 253 g/mol. The van der Waals surface area contributed by atoms with Gasteiger partial charge in [-0.1, -0.05) is 6.92 Å². The van der Waals surface area contributed by atoms with Crippen LogP contribution in [0.1, 0.15) is 19.1 Å². The van der Waals surface area contributed by atoms with E-state index in [1.54, 1.807) is 6.26 Å². The highest BCUT2D eigenvalue weighted by molar-refractivity contribution is 5.02. The van der Waals surface area contributed by atoms with Gasteiger partial charge in [0, 0.05) is 19.5 Å². The Balaban J connectivity index is 1.90. The average Bonchev–Trinajstić information content (AvgIpc) is 2.89. The number of hydrogen-bond donors (Lipinski definition) is 2. The Morgan fingerprint density at radius 1 is 1.61 bits per heavy atom. The molecule has 102 valence electrons. The van der Waals surface area contributed by atoms with Crippen molar-refractivity contribution < 1.29 is 9.15 Å². The highest BCUT2D eigenvalue weighted by atomic mass is 16.5. The summed E-state index contributed by atoms with van der Waals surface area (Å²) < 4.78 is 11.2. The van der Waals surface area contributed by atoms with Gasteiger partial charge in [0.05, 0.1) is 25.0 Å². The molecule has 0 aromatic carbocycles. The second-order valence-electron chi connectivity index (χ2n) is 4.77. The summed E-state index contributed by atoms with van der Waals surface area (Å²) >= 11 is 0. The van der Waals surface area contributed by atoms with E-state index in [9.17, 15) is 0 Å². The lowest BCUT2D eigenvalue weighted by atomic mass is 10.0. The number of nitrogens with zero attached hydrogens (tertiary/aromatic N) is 1. The topological polar surface area (TPSA) is 63.7 Å². The SMILES string of the molecule is CCCN1CCOC(C(Cc2ccco2)NN)C1. The number of morpholine rings is 1. The Morgan fingerprint density at radius 3 is 3.17 bits per heavy atom. The Morgan fingerprint density at radius 2 is 2.50 bits per heavy atom. The largest absolute Gasteiger partial charge is 0.469 e. The summed E-state index contributed by atoms with van der Waals surface area (Å²) in [5, 5.41) is 0. The van der Waals surface area contributed by atoms with Crippen LogP contribution in [0.5, 0.6) is 0 Å². The Labute approximate surface area is 108 Å². The van der Waals surface area contributed by atoms with Crippen molar-refractivity contribution in [2.45, 2.75) is 31.9 Å². The molecule has 0 aliphatic carbocycles. The first-order chi connectivity index (χ1) is 8.83. The Kier molecular flexibility index (Phi) is 5.19. The second kappa shape index (κ2) is 6.89. The minimum Gasteiger partial charge on any atom is -0.469 e. The van der Waals surface area contributed by atoms with E-state index in [1.165, 1.54) is 6.42 Å². The van der Waals surface area contributed by atoms with Crippen LogP contribution in [0, 0.1) is 0 Å². The lowest BCUT2D eigenvalue weighted by Gasteiger charge is -2.36. The molecule has 2 atom stereocenters. The van der Waals surface area contributed by atoms with E-state index in [0.717, 1.165) is 38.4 Å². The summed E-state index contributed by atoms with van der Waals surface area (Å²) in [7, 11) is 0. The number of nitrogens with two attached hydrogens (primary N) is 1. The Bertz CT molecular complexity index is 327. The highest BCUT2D eigenvalue weighted by Gasteiger charge is 2.27. The lowest BCUT2D eigenvalue weighted by Crippen LogP contribution is -2.54. The van der Waals surface area contributed by atoms with Gasteiger partial charge in [-0.05, 0) is 25.1 Å². The van der Waals surface area contributed by atoms with E-state index in [0.29, 0.717) is 0 Å². The quantitative estimate of drug-likeness (QED) is 0.579. The van der Waals surface area contributed by atoms with Gasteiger partial charge in [0.1, 0.15) is 5.76 Å². The predicted octanol–water partition coefficient (Wildman–Crippen LogP) is 0.765. The molecule has 0 amide bonds. The van der Waals surface area contributed by atoms with Crippen molar-refractivity contribution >= 4 is 0 Å². The van der Waals surface area contributed by atoms with Gasteiger partial charge in [-0.3, -0.25) is 16.2 Å². The summed E-state index contributed by atoms with van der Waals surface area (Å²) in [6.45, 7) is 6.05. The second-order valence-corrected chi connectivity index (χ2v) is 4.77. The third kappa shape index (κ3) is 3.55. The molecule has 1 fully saturated rings. The maximum atomic E-state index is 5.83. The number of nitrogens with one attached hydrogen (secondary N) is 1. The van der Waals surface area contributed by atoms with E-state index in [1.807, 2.05) is 12.1 Å². The van der Waals surface area contributed by atoms with Crippen molar-refractivity contribution in [1.82, 2.24) is 10.3 Å². The zero-order valence-electron chi connectivity index (χ0n) is 11.0. The minimum atomic E-state index is 0.0933. The number of rotatable bonds is 6. The zero-order valence-corrected chi connectivity index (χ0v) is 11.0. The van der Waals surface area contributed by atoms with E-state index < -0.39 is 0 Å². The first-order valence-corrected chi connectivity index (χ1v) is 6.66. The van der Waals surface area contributed by atoms with Crippen LogP contribution >= 0.6 is 0 Å². The molecule has 1 aromatic heterocycles. The fraction of sp³-hybridized carbons (Fsp3) is 0.692. The van der Waals surface area contributed by atoms with Crippen molar-refractivity contribution in [2.24, 2.45) is 5.84 Å². The third-order valence-electron chi connectivity index (χ3n) is 3.38. The van der Waals surface area contributed by atoms with Crippen LogP contribution in [0.25, 0.3) is 0 Å². The summed E-state index contributed by atoms with van der Waals surface area (Å²) in [4.78, 5) is 2.43. The summed E-state index contributed by atoms with van der Waals surface area (Å²) in [6.07, 6.45) is 3.74. The van der Waals surface area contributed by atoms with Crippen LogP contribution in [-0.2, 0) is 11.2 Å². The van der Waals surface area contributed by atoms with Gasteiger partial charge in [-0.25, -0.2) is 0 Å². The molecule has 0 bridgehead atoms. The van der Waals surface area contributed by atoms with Crippen LogP contribution in [0.3, 0.4) is 0 Å². The average molecular weight is 253 g/mol. The van der Waals surface area contributed by atoms with E-state index in [-0.39, 0.29) is 12.1 Å². The molecule has 0 spiro atoms. The van der Waals surface area contributed by atoms with Gasteiger partial charge in [-0.2, -0.15) is 0 Å². The fourth-order valence-electron chi connectivity index (χ4n) is 2.44. The van der Waals surface area contributed by atoms with Gasteiger partial charge < -0.3 is 9.15 Å². The highest BCUT2D eigenvalue weighted by Crippen LogP contribution is 2.13. The number of furan rings is 1. The molecule has 0 saturated carbocycles. The number of hydrogen-bond acceptors (Lipinski definition) is 5. The van der Waals surface area contributed by atoms with Gasteiger partial charge in [0.15, 0.2) is 0 Å². The molecular weight excluding hydrogens is 230 g/mol. The van der Waals surface area contributed by atoms with Crippen LogP contribution in [-0.4, -0.2) is 43.3 Å². The summed E-state index contributed by atoms with van der Waals surface area (Å²) in [5.41, 5.74) is 2.86. The molecule has 18 heavy (non-hydrogen) atoms. The van der Waals surface area contributed by atoms with Crippen molar-refractivity contribution in [3.63, 3.8) is 0 Å². The van der Waals surface area contributed by atoms with Gasteiger partial charge in [0.25, 0.3) is 0 Å². The molecule has 2 rings (SSSR count). The van der Waals surface area contributed by atoms with E-state index in [2.05, 4.69) is 17.2 Å². The smallest absolute Gasteiger partial charge is 0.105 e. The summed E-state index contributed by atoms with van der Waals surface area (Å²) in [6, 6.07) is 3.96. The van der Waals surface area contributed by atoms with E-state index in [4.69, 9.17) is 15.0 Å². The molecule has 3 N–H and O–H groups in total. The molecule has 1 saturated heterocycles. The van der Waals surface area contributed by atoms with Gasteiger partial charge in [0.2, 0.25) is 0 Å². The minimum absolute atomic E-state index is 0.0933. The van der Waals surface area contributed by atoms with E-state index >= 15 is 0 Å². The first-order valence-electron chi connectivity index (χ1n) is 6.66. The number of ether oxygens (including phenoxy) is 1.